The van der Waals surface area contributed by atoms with Crippen LogP contribution in [0.1, 0.15) is 28.7 Å². The third-order valence-corrected chi connectivity index (χ3v) is 4.58. The topological polar surface area (TPSA) is 29.3 Å². The third kappa shape index (κ3) is 2.24. The van der Waals surface area contributed by atoms with E-state index in [1.54, 1.807) is 0 Å². The lowest BCUT2D eigenvalue weighted by Crippen LogP contribution is -2.39. The van der Waals surface area contributed by atoms with E-state index in [-0.39, 0.29) is 0 Å². The summed E-state index contributed by atoms with van der Waals surface area (Å²) in [5, 5.41) is 0.840. The van der Waals surface area contributed by atoms with Crippen LogP contribution in [0.5, 0.6) is 0 Å². The molecular weight excluding hydrogens is 268 g/mol. The van der Waals surface area contributed by atoms with Crippen molar-refractivity contribution in [1.82, 2.24) is 4.90 Å². The molecule has 3 rings (SSSR count). The maximum atomic E-state index is 6.40. The zero-order chi connectivity index (χ0) is 14.1. The Labute approximate surface area is 125 Å². The van der Waals surface area contributed by atoms with Gasteiger partial charge in [-0.25, -0.2) is 0 Å². The molecular formula is C17H19ClN2. The molecule has 2 nitrogen and oxygen atoms in total. The van der Waals surface area contributed by atoms with E-state index in [0.29, 0.717) is 18.5 Å². The Bertz CT molecular complexity index is 611. The lowest BCUT2D eigenvalue weighted by atomic mass is 9.81. The van der Waals surface area contributed by atoms with Gasteiger partial charge in [-0.3, -0.25) is 4.90 Å². The molecule has 0 aliphatic carbocycles. The van der Waals surface area contributed by atoms with E-state index in [9.17, 15) is 0 Å². The van der Waals surface area contributed by atoms with Crippen LogP contribution < -0.4 is 5.73 Å². The average Bonchev–Trinajstić information content (AvgIpc) is 2.47. The Balaban J connectivity index is 2.12. The van der Waals surface area contributed by atoms with Crippen LogP contribution in [0.2, 0.25) is 5.02 Å². The molecule has 2 atom stereocenters. The number of hydrogen-bond donors (Lipinski definition) is 1. The minimum atomic E-state index is 0.296. The van der Waals surface area contributed by atoms with Crippen molar-refractivity contribution in [1.29, 1.82) is 0 Å². The fraction of sp³-hybridized carbons (Fsp3) is 0.294. The van der Waals surface area contributed by atoms with E-state index in [2.05, 4.69) is 48.3 Å². The van der Waals surface area contributed by atoms with Crippen LogP contribution in [0, 0.1) is 0 Å². The van der Waals surface area contributed by atoms with Crippen molar-refractivity contribution in [3.05, 3.63) is 70.2 Å². The molecule has 2 aromatic rings. The van der Waals surface area contributed by atoms with Crippen molar-refractivity contribution >= 4 is 11.6 Å². The van der Waals surface area contributed by atoms with E-state index in [1.807, 2.05) is 12.1 Å². The van der Waals surface area contributed by atoms with Gasteiger partial charge >= 0.3 is 0 Å². The fourth-order valence-electron chi connectivity index (χ4n) is 3.21. The highest BCUT2D eigenvalue weighted by atomic mass is 35.5. The van der Waals surface area contributed by atoms with Crippen LogP contribution >= 0.6 is 11.6 Å². The molecule has 1 aliphatic rings. The zero-order valence-electron chi connectivity index (χ0n) is 11.6. The normalized spacial score (nSPS) is 22.6. The van der Waals surface area contributed by atoms with Gasteiger partial charge in [-0.1, -0.05) is 54.1 Å². The fourth-order valence-corrected chi connectivity index (χ4v) is 3.48. The van der Waals surface area contributed by atoms with Crippen molar-refractivity contribution in [2.75, 3.05) is 20.1 Å². The van der Waals surface area contributed by atoms with Gasteiger partial charge in [-0.2, -0.15) is 0 Å². The third-order valence-electron chi connectivity index (χ3n) is 4.24. The monoisotopic (exact) mass is 286 g/mol. The molecule has 0 radical (unpaired) electrons. The Morgan fingerprint density at radius 3 is 2.30 bits per heavy atom. The standard InChI is InChI=1S/C17H19ClN2/c1-20-11-15(13-7-4-5-9-16(13)18)12-6-2-3-8-14(12)17(20)10-19/h2-9,15,17H,10-11,19H2,1H3. The van der Waals surface area contributed by atoms with E-state index < -0.39 is 0 Å². The Morgan fingerprint density at radius 2 is 1.65 bits per heavy atom. The lowest BCUT2D eigenvalue weighted by Gasteiger charge is -2.39. The first-order valence-electron chi connectivity index (χ1n) is 6.96. The van der Waals surface area contributed by atoms with Crippen LogP contribution in [0.4, 0.5) is 0 Å². The summed E-state index contributed by atoms with van der Waals surface area (Å²) in [6, 6.07) is 17.0. The molecule has 2 aromatic carbocycles. The van der Waals surface area contributed by atoms with Crippen molar-refractivity contribution in [2.24, 2.45) is 5.73 Å². The second-order valence-corrected chi connectivity index (χ2v) is 5.80. The molecule has 0 spiro atoms. The molecule has 0 bridgehead atoms. The molecule has 2 N–H and O–H groups in total. The number of halogens is 1. The summed E-state index contributed by atoms with van der Waals surface area (Å²) in [5.41, 5.74) is 9.84. The molecule has 2 unspecified atom stereocenters. The maximum Gasteiger partial charge on any atom is 0.0470 e. The number of fused-ring (bicyclic) bond motifs is 1. The van der Waals surface area contributed by atoms with Gasteiger partial charge in [0.15, 0.2) is 0 Å². The molecule has 0 fully saturated rings. The molecule has 0 saturated carbocycles. The van der Waals surface area contributed by atoms with Gasteiger partial charge in [0.25, 0.3) is 0 Å². The minimum Gasteiger partial charge on any atom is -0.329 e. The summed E-state index contributed by atoms with van der Waals surface area (Å²) >= 11 is 6.40. The molecule has 0 amide bonds. The number of nitrogens with zero attached hydrogens (tertiary/aromatic N) is 1. The second kappa shape index (κ2) is 5.57. The van der Waals surface area contributed by atoms with Gasteiger partial charge in [0.2, 0.25) is 0 Å². The average molecular weight is 287 g/mol. The van der Waals surface area contributed by atoms with Gasteiger partial charge in [0.05, 0.1) is 0 Å². The molecule has 20 heavy (non-hydrogen) atoms. The van der Waals surface area contributed by atoms with Crippen LogP contribution in [0.15, 0.2) is 48.5 Å². The van der Waals surface area contributed by atoms with Gasteiger partial charge in [0, 0.05) is 30.1 Å². The largest absolute Gasteiger partial charge is 0.329 e. The van der Waals surface area contributed by atoms with Crippen molar-refractivity contribution < 1.29 is 0 Å². The smallest absolute Gasteiger partial charge is 0.0470 e. The molecule has 104 valence electrons. The molecule has 3 heteroatoms. The summed E-state index contributed by atoms with van der Waals surface area (Å²) in [6.07, 6.45) is 0. The molecule has 1 heterocycles. The summed E-state index contributed by atoms with van der Waals surface area (Å²) in [7, 11) is 2.14. The summed E-state index contributed by atoms with van der Waals surface area (Å²) in [6.45, 7) is 1.59. The summed E-state index contributed by atoms with van der Waals surface area (Å²) < 4.78 is 0. The Morgan fingerprint density at radius 1 is 1.05 bits per heavy atom. The minimum absolute atomic E-state index is 0.296. The maximum absolute atomic E-state index is 6.40. The van der Waals surface area contributed by atoms with Gasteiger partial charge in [0.1, 0.15) is 0 Å². The van der Waals surface area contributed by atoms with E-state index >= 15 is 0 Å². The molecule has 0 aromatic heterocycles. The number of hydrogen-bond acceptors (Lipinski definition) is 2. The predicted molar refractivity (Wildman–Crippen MR) is 84.2 cm³/mol. The number of benzene rings is 2. The van der Waals surface area contributed by atoms with Crippen molar-refractivity contribution in [2.45, 2.75) is 12.0 Å². The second-order valence-electron chi connectivity index (χ2n) is 5.39. The van der Waals surface area contributed by atoms with Crippen molar-refractivity contribution in [3.8, 4) is 0 Å². The Kier molecular flexibility index (Phi) is 3.79. The van der Waals surface area contributed by atoms with Crippen LogP contribution in [-0.2, 0) is 0 Å². The highest BCUT2D eigenvalue weighted by molar-refractivity contribution is 6.31. The van der Waals surface area contributed by atoms with Gasteiger partial charge in [-0.15, -0.1) is 0 Å². The SMILES string of the molecule is CN1CC(c2ccccc2Cl)c2ccccc2C1CN. The lowest BCUT2D eigenvalue weighted by molar-refractivity contribution is 0.223. The highest BCUT2D eigenvalue weighted by Gasteiger charge is 2.31. The predicted octanol–water partition coefficient (Wildman–Crippen LogP) is 3.42. The van der Waals surface area contributed by atoms with Crippen LogP contribution in [0.3, 0.4) is 0 Å². The first-order valence-corrected chi connectivity index (χ1v) is 7.33. The first-order chi connectivity index (χ1) is 9.72. The quantitative estimate of drug-likeness (QED) is 0.917. The van der Waals surface area contributed by atoms with Crippen LogP contribution in [-0.4, -0.2) is 25.0 Å². The summed E-state index contributed by atoms with van der Waals surface area (Å²) in [5.74, 6) is 0.313. The number of rotatable bonds is 2. The molecule has 1 aliphatic heterocycles. The zero-order valence-corrected chi connectivity index (χ0v) is 12.3. The van der Waals surface area contributed by atoms with E-state index in [1.165, 1.54) is 16.7 Å². The highest BCUT2D eigenvalue weighted by Crippen LogP contribution is 2.40. The van der Waals surface area contributed by atoms with Crippen LogP contribution in [0.25, 0.3) is 0 Å². The molecule has 0 saturated heterocycles. The van der Waals surface area contributed by atoms with Crippen molar-refractivity contribution in [3.63, 3.8) is 0 Å². The number of likely N-dealkylation sites (N-methyl/N-ethyl adjacent to an activating group) is 1. The number of nitrogens with two attached hydrogens (primary N) is 1. The van der Waals surface area contributed by atoms with Gasteiger partial charge in [-0.05, 0) is 29.8 Å². The first kappa shape index (κ1) is 13.6. The van der Waals surface area contributed by atoms with E-state index in [4.69, 9.17) is 17.3 Å². The van der Waals surface area contributed by atoms with E-state index in [0.717, 1.165) is 11.6 Å². The summed E-state index contributed by atoms with van der Waals surface area (Å²) in [4.78, 5) is 2.33. The van der Waals surface area contributed by atoms with Gasteiger partial charge < -0.3 is 5.73 Å². The Hall–Kier alpha value is -1.35.